The maximum Gasteiger partial charge on any atom is 0.295 e. The second kappa shape index (κ2) is 5.99. The molecule has 1 aromatic carbocycles. The molecule has 1 aliphatic rings. The molecular formula is C17H19N5O2. The van der Waals surface area contributed by atoms with Crippen LogP contribution in [-0.4, -0.2) is 34.4 Å². The van der Waals surface area contributed by atoms with E-state index < -0.39 is 0 Å². The second-order valence-corrected chi connectivity index (χ2v) is 6.14. The Labute approximate surface area is 138 Å². The van der Waals surface area contributed by atoms with Gasteiger partial charge < -0.3 is 14.6 Å². The van der Waals surface area contributed by atoms with Gasteiger partial charge in [0.25, 0.3) is 11.6 Å². The van der Waals surface area contributed by atoms with Crippen LogP contribution in [0, 0.1) is 5.92 Å². The van der Waals surface area contributed by atoms with Gasteiger partial charge >= 0.3 is 0 Å². The third-order valence-electron chi connectivity index (χ3n) is 4.44. The first kappa shape index (κ1) is 14.7. The molecule has 1 aliphatic heterocycles. The Balaban J connectivity index is 1.38. The highest BCUT2D eigenvalue weighted by Gasteiger charge is 2.23. The minimum atomic E-state index is -0.0828. The fraction of sp³-hybridized carbons (Fsp3) is 0.353. The third-order valence-corrected chi connectivity index (χ3v) is 4.44. The highest BCUT2D eigenvalue weighted by atomic mass is 16.4. The maximum atomic E-state index is 11.7. The first-order chi connectivity index (χ1) is 11.7. The molecule has 7 heteroatoms. The smallest absolute Gasteiger partial charge is 0.295 e. The van der Waals surface area contributed by atoms with Crippen LogP contribution in [0.5, 0.6) is 0 Å². The van der Waals surface area contributed by atoms with Crippen molar-refractivity contribution in [3.05, 3.63) is 46.9 Å². The number of anilines is 2. The molecular weight excluding hydrogens is 306 g/mol. The van der Waals surface area contributed by atoms with Gasteiger partial charge in [0.1, 0.15) is 5.52 Å². The van der Waals surface area contributed by atoms with E-state index >= 15 is 0 Å². The third kappa shape index (κ3) is 2.84. The van der Waals surface area contributed by atoms with Crippen LogP contribution in [0.1, 0.15) is 6.42 Å². The summed E-state index contributed by atoms with van der Waals surface area (Å²) < 4.78 is 7.02. The van der Waals surface area contributed by atoms with Gasteiger partial charge in [0, 0.05) is 32.7 Å². The van der Waals surface area contributed by atoms with Crippen molar-refractivity contribution in [1.29, 1.82) is 0 Å². The quantitative estimate of drug-likeness (QED) is 0.789. The lowest BCUT2D eigenvalue weighted by atomic mass is 10.1. The van der Waals surface area contributed by atoms with Gasteiger partial charge in [-0.1, -0.05) is 12.1 Å². The summed E-state index contributed by atoms with van der Waals surface area (Å²) in [5.41, 5.74) is 2.46. The summed E-state index contributed by atoms with van der Waals surface area (Å²) in [6, 6.07) is 9.93. The number of hydrogen-bond donors (Lipinski definition) is 1. The minimum Gasteiger partial charge on any atom is -0.424 e. The molecule has 0 spiro atoms. The van der Waals surface area contributed by atoms with Crippen molar-refractivity contribution < 1.29 is 4.42 Å². The van der Waals surface area contributed by atoms with Crippen molar-refractivity contribution in [3.63, 3.8) is 0 Å². The number of fused-ring (bicyclic) bond motifs is 1. The molecule has 0 amide bonds. The van der Waals surface area contributed by atoms with Crippen LogP contribution in [0.4, 0.5) is 11.7 Å². The summed E-state index contributed by atoms with van der Waals surface area (Å²) in [6.45, 7) is 2.61. The van der Waals surface area contributed by atoms with Crippen LogP contribution in [0.25, 0.3) is 11.1 Å². The van der Waals surface area contributed by atoms with Crippen molar-refractivity contribution in [1.82, 2.24) is 14.8 Å². The van der Waals surface area contributed by atoms with Gasteiger partial charge in [-0.15, -0.1) is 0 Å². The Bertz CT molecular complexity index is 883. The van der Waals surface area contributed by atoms with E-state index in [4.69, 9.17) is 4.42 Å². The zero-order valence-corrected chi connectivity index (χ0v) is 13.5. The lowest BCUT2D eigenvalue weighted by Crippen LogP contribution is -2.26. The Morgan fingerprint density at radius 3 is 3.08 bits per heavy atom. The minimum absolute atomic E-state index is 0.0828. The van der Waals surface area contributed by atoms with E-state index in [2.05, 4.69) is 20.3 Å². The number of para-hydroxylation sites is 2. The Morgan fingerprint density at radius 1 is 1.38 bits per heavy atom. The number of aromatic nitrogens is 3. The largest absolute Gasteiger partial charge is 0.424 e. The Morgan fingerprint density at radius 2 is 2.25 bits per heavy atom. The fourth-order valence-corrected chi connectivity index (χ4v) is 3.05. The van der Waals surface area contributed by atoms with Crippen LogP contribution < -0.4 is 15.8 Å². The summed E-state index contributed by atoms with van der Waals surface area (Å²) >= 11 is 0. The SMILES string of the molecule is Cn1ncc(N2CC[C@@H](CNc3nc4ccccc4o3)C2)cc1=O. The van der Waals surface area contributed by atoms with Gasteiger partial charge in [-0.05, 0) is 24.5 Å². The highest BCUT2D eigenvalue weighted by molar-refractivity contribution is 5.74. The van der Waals surface area contributed by atoms with Gasteiger partial charge in [-0.2, -0.15) is 10.1 Å². The molecule has 0 saturated carbocycles. The second-order valence-electron chi connectivity index (χ2n) is 6.14. The average Bonchev–Trinajstić information content (AvgIpc) is 3.21. The summed E-state index contributed by atoms with van der Waals surface area (Å²) in [5, 5.41) is 7.37. The number of rotatable bonds is 4. The molecule has 0 aliphatic carbocycles. The summed E-state index contributed by atoms with van der Waals surface area (Å²) in [7, 11) is 1.66. The molecule has 1 saturated heterocycles. The summed E-state index contributed by atoms with van der Waals surface area (Å²) in [6.07, 6.45) is 2.81. The molecule has 4 rings (SSSR count). The normalized spacial score (nSPS) is 17.5. The molecule has 0 bridgehead atoms. The zero-order valence-electron chi connectivity index (χ0n) is 13.5. The van der Waals surface area contributed by atoms with Gasteiger partial charge in [-0.3, -0.25) is 4.79 Å². The first-order valence-corrected chi connectivity index (χ1v) is 8.07. The zero-order chi connectivity index (χ0) is 16.5. The van der Waals surface area contributed by atoms with Crippen LogP contribution in [0.15, 0.2) is 45.7 Å². The number of nitrogens with one attached hydrogen (secondary N) is 1. The van der Waals surface area contributed by atoms with E-state index in [1.165, 1.54) is 4.68 Å². The van der Waals surface area contributed by atoms with Gasteiger partial charge in [0.05, 0.1) is 11.9 Å². The molecule has 3 aromatic rings. The van der Waals surface area contributed by atoms with Crippen LogP contribution in [-0.2, 0) is 7.05 Å². The molecule has 1 fully saturated rings. The topological polar surface area (TPSA) is 76.2 Å². The molecule has 0 unspecified atom stereocenters. The number of hydrogen-bond acceptors (Lipinski definition) is 6. The number of oxazole rings is 1. The lowest BCUT2D eigenvalue weighted by Gasteiger charge is -2.18. The predicted octanol–water partition coefficient (Wildman–Crippen LogP) is 1.86. The highest BCUT2D eigenvalue weighted by Crippen LogP contribution is 2.23. The predicted molar refractivity (Wildman–Crippen MR) is 92.3 cm³/mol. The standard InChI is InChI=1S/C17H19N5O2/c1-21-16(23)8-13(10-19-21)22-7-6-12(11-22)9-18-17-20-14-4-2-3-5-15(14)24-17/h2-5,8,10,12H,6-7,9,11H2,1H3,(H,18,20)/t12-/m0/s1. The summed E-state index contributed by atoms with van der Waals surface area (Å²) in [5.74, 6) is 0.476. The van der Waals surface area contributed by atoms with Crippen molar-refractivity contribution >= 4 is 22.8 Å². The molecule has 7 nitrogen and oxygen atoms in total. The number of benzene rings is 1. The van der Waals surface area contributed by atoms with Crippen molar-refractivity contribution in [2.24, 2.45) is 13.0 Å². The Hall–Kier alpha value is -2.83. The number of nitrogens with zero attached hydrogens (tertiary/aromatic N) is 4. The van der Waals surface area contributed by atoms with E-state index in [-0.39, 0.29) is 5.56 Å². The summed E-state index contributed by atoms with van der Waals surface area (Å²) in [4.78, 5) is 18.3. The molecule has 0 radical (unpaired) electrons. The van der Waals surface area contributed by atoms with Crippen LogP contribution >= 0.6 is 0 Å². The lowest BCUT2D eigenvalue weighted by molar-refractivity contribution is 0.577. The molecule has 1 N–H and O–H groups in total. The van der Waals surface area contributed by atoms with E-state index in [1.807, 2.05) is 24.3 Å². The van der Waals surface area contributed by atoms with E-state index in [0.717, 1.165) is 42.8 Å². The molecule has 24 heavy (non-hydrogen) atoms. The van der Waals surface area contributed by atoms with Crippen molar-refractivity contribution in [3.8, 4) is 0 Å². The molecule has 124 valence electrons. The van der Waals surface area contributed by atoms with Gasteiger partial charge in [-0.25, -0.2) is 4.68 Å². The fourth-order valence-electron chi connectivity index (χ4n) is 3.05. The molecule has 1 atom stereocenters. The van der Waals surface area contributed by atoms with Gasteiger partial charge in [0.2, 0.25) is 0 Å². The monoisotopic (exact) mass is 325 g/mol. The first-order valence-electron chi connectivity index (χ1n) is 8.07. The van der Waals surface area contributed by atoms with Crippen LogP contribution in [0.2, 0.25) is 0 Å². The van der Waals surface area contributed by atoms with E-state index in [1.54, 1.807) is 19.3 Å². The average molecular weight is 325 g/mol. The van der Waals surface area contributed by atoms with E-state index in [9.17, 15) is 4.79 Å². The van der Waals surface area contributed by atoms with Crippen molar-refractivity contribution in [2.45, 2.75) is 6.42 Å². The van der Waals surface area contributed by atoms with Gasteiger partial charge in [0.15, 0.2) is 5.58 Å². The molecule has 3 heterocycles. The van der Waals surface area contributed by atoms with Crippen molar-refractivity contribution in [2.75, 3.05) is 29.9 Å². The van der Waals surface area contributed by atoms with Crippen LogP contribution in [0.3, 0.4) is 0 Å². The Kier molecular flexibility index (Phi) is 3.68. The maximum absolute atomic E-state index is 11.7. The molecule has 2 aromatic heterocycles. The van der Waals surface area contributed by atoms with E-state index in [0.29, 0.717) is 11.9 Å². The number of aryl methyl sites for hydroxylation is 1.